The van der Waals surface area contributed by atoms with E-state index in [-0.39, 0.29) is 101 Å². The summed E-state index contributed by atoms with van der Waals surface area (Å²) in [5.41, 5.74) is 18.3. The number of carbonyl (C=O) groups is 23. The van der Waals surface area contributed by atoms with Gasteiger partial charge in [-0.15, -0.1) is 0 Å². The molecule has 2 aromatic carbocycles. The first-order valence-corrected chi connectivity index (χ1v) is 49.9. The van der Waals surface area contributed by atoms with Crippen LogP contribution in [-0.4, -0.2) is 342 Å². The number of nitrogens with one attached hydrogen (secondary N) is 18. The van der Waals surface area contributed by atoms with E-state index >= 15 is 0 Å². The third kappa shape index (κ3) is 50.5. The van der Waals surface area contributed by atoms with Gasteiger partial charge in [0.1, 0.15) is 109 Å². The number of hydrogen-bond donors (Lipinski definition) is 30. The molecule has 0 aromatic heterocycles. The molecule has 0 aliphatic rings. The lowest BCUT2D eigenvalue weighted by molar-refractivity contribution is -0.142. The van der Waals surface area contributed by atoms with Gasteiger partial charge in [0.25, 0.3) is 0 Å². The van der Waals surface area contributed by atoms with E-state index in [0.29, 0.717) is 24.0 Å². The Labute approximate surface area is 859 Å². The SMILES string of the molecule is CC[C@H](C)[C@H](N)C(=O)N[C@H](C(=O)N[C@@H](CCC(=O)O)C(=O)N[C@@H](Cc1ccc(O)cc1)C(=O)N[C@@H](CCSC)C(=O)N[C@@H](C)C(=O)N[C@@H](CCCCN)C(=O)NCC(=O)N[C@@H](CO)C(=O)N[C@@H](CC(C)C)C(=O)N[C@@H](CC(C)C)C(=O)N[C@@H](CC(=O)O)C(=O)N[C@@H](Cc1ccccc1)C(=O)N[C@@H](CC(C)C)C(=O)N[C@@H](CCCCN)C(=O)N[C@@H](CO)C(=O)N[C@@H](CC(=O)O)C(=O)N[C@@H](CCC(=O)O)C(=O)NCC(=O)O)[C@@H](C)O. The molecule has 148 heavy (non-hydrogen) atoms. The summed E-state index contributed by atoms with van der Waals surface area (Å²) in [6, 6.07) is -15.3. The van der Waals surface area contributed by atoms with Crippen molar-refractivity contribution in [3.8, 4) is 5.75 Å². The number of aliphatic carboxylic acids is 5. The number of nitrogens with two attached hydrogens (primary N) is 3. The Bertz CT molecular complexity index is 4770. The molecule has 828 valence electrons. The Morgan fingerprint density at radius 3 is 1.04 bits per heavy atom. The molecule has 0 spiro atoms. The number of amides is 18. The van der Waals surface area contributed by atoms with Gasteiger partial charge < -0.3 is 159 Å². The third-order valence-electron chi connectivity index (χ3n) is 22.8. The number of carboxylic acids is 5. The molecule has 33 N–H and O–H groups in total. The van der Waals surface area contributed by atoms with Gasteiger partial charge in [-0.05, 0) is 163 Å². The highest BCUT2D eigenvalue weighted by Crippen LogP contribution is 2.19. The molecular formula is C94H149N21O32S. The first-order chi connectivity index (χ1) is 69.6. The van der Waals surface area contributed by atoms with Crippen LogP contribution in [0.25, 0.3) is 0 Å². The molecule has 19 atom stereocenters. The topological polar surface area (TPSA) is 869 Å². The maximum Gasteiger partial charge on any atom is 0.322 e. The van der Waals surface area contributed by atoms with Gasteiger partial charge >= 0.3 is 29.8 Å². The summed E-state index contributed by atoms with van der Waals surface area (Å²) in [6.07, 6.45) is -5.33. The molecule has 0 bridgehead atoms. The van der Waals surface area contributed by atoms with Gasteiger partial charge in [0, 0.05) is 25.7 Å². The summed E-state index contributed by atoms with van der Waals surface area (Å²) in [4.78, 5) is 312. The van der Waals surface area contributed by atoms with Crippen LogP contribution in [0.2, 0.25) is 0 Å². The van der Waals surface area contributed by atoms with Gasteiger partial charge in [0.05, 0.1) is 44.7 Å². The highest BCUT2D eigenvalue weighted by molar-refractivity contribution is 7.98. The minimum atomic E-state index is -2.10. The van der Waals surface area contributed by atoms with E-state index in [1.807, 2.05) is 10.6 Å². The van der Waals surface area contributed by atoms with Crippen molar-refractivity contribution in [3.05, 3.63) is 65.7 Å². The number of rotatable bonds is 73. The fraction of sp³-hybridized carbons (Fsp3) is 0.628. The first kappa shape index (κ1) is 130. The van der Waals surface area contributed by atoms with Crippen molar-refractivity contribution in [2.75, 3.05) is 51.4 Å². The van der Waals surface area contributed by atoms with E-state index in [0.717, 1.165) is 0 Å². The highest BCUT2D eigenvalue weighted by Gasteiger charge is 2.41. The lowest BCUT2D eigenvalue weighted by Crippen LogP contribution is -2.61. The Kier molecular flexibility index (Phi) is 60.3. The van der Waals surface area contributed by atoms with E-state index < -0.39 is 328 Å². The Morgan fingerprint density at radius 2 is 0.655 bits per heavy atom. The second-order valence-corrected chi connectivity index (χ2v) is 37.8. The van der Waals surface area contributed by atoms with Gasteiger partial charge in [-0.25, -0.2) is 0 Å². The van der Waals surface area contributed by atoms with E-state index in [1.165, 1.54) is 49.9 Å². The van der Waals surface area contributed by atoms with Crippen LogP contribution in [0.5, 0.6) is 5.75 Å². The van der Waals surface area contributed by atoms with Crippen LogP contribution < -0.4 is 113 Å². The highest BCUT2D eigenvalue weighted by atomic mass is 32.2. The number of aromatic hydroxyl groups is 1. The number of phenols is 1. The zero-order chi connectivity index (χ0) is 112. The number of unbranched alkanes of at least 4 members (excludes halogenated alkanes) is 2. The summed E-state index contributed by atoms with van der Waals surface area (Å²) < 4.78 is 0. The lowest BCUT2D eigenvalue weighted by Gasteiger charge is -2.29. The first-order valence-electron chi connectivity index (χ1n) is 48.5. The molecule has 0 aliphatic carbocycles. The van der Waals surface area contributed by atoms with Crippen molar-refractivity contribution in [2.45, 2.75) is 300 Å². The largest absolute Gasteiger partial charge is 0.508 e. The summed E-state index contributed by atoms with van der Waals surface area (Å²) >= 11 is 1.26. The molecule has 54 heteroatoms. The Balaban J connectivity index is 2.46. The predicted octanol–water partition coefficient (Wildman–Crippen LogP) is -7.16. The second kappa shape index (κ2) is 68.6. The van der Waals surface area contributed by atoms with Gasteiger partial charge in [-0.3, -0.25) is 110 Å². The number of aliphatic hydroxyl groups excluding tert-OH is 3. The van der Waals surface area contributed by atoms with E-state index in [1.54, 1.807) is 92.0 Å². The van der Waals surface area contributed by atoms with Gasteiger partial charge in [0.15, 0.2) is 0 Å². The van der Waals surface area contributed by atoms with Crippen LogP contribution in [0.3, 0.4) is 0 Å². The average Bonchev–Trinajstić information content (AvgIpc) is 0.834. The van der Waals surface area contributed by atoms with Gasteiger partial charge in [-0.1, -0.05) is 104 Å². The van der Waals surface area contributed by atoms with Crippen molar-refractivity contribution in [1.82, 2.24) is 95.7 Å². The monoisotopic (exact) mass is 2120 g/mol. The molecule has 2 aromatic rings. The van der Waals surface area contributed by atoms with Crippen LogP contribution in [-0.2, 0) is 123 Å². The van der Waals surface area contributed by atoms with Crippen LogP contribution in [0.15, 0.2) is 54.6 Å². The minimum absolute atomic E-state index is 0.0733. The standard InChI is InChI=1S/C94H149N21O32S/c1-12-50(8)76(97)93(146)115-77(52(10)118)94(147)106-59(29-31-72(123)124)83(136)110-65(40-54-24-26-55(119)27-25-54)87(140)105-60(32-35-148-11)81(134)100-51(9)78(131)102-56(22-16-18-33-95)79(132)98-43-70(120)101-68(45-116)91(144)109-63(38-49(6)7)85(138)107-62(37-48(4)5)86(139)112-67(42-74(127)128)90(143)111-64(39-53-20-14-13-15-21-53)88(141)108-61(36-47(2)3)84(137)103-57(23-17-19-34-96)82(135)114-69(46-117)92(145)113-66(41-73(125)126)89(142)104-58(28-30-71(121)122)80(133)99-44-75(129)130/h13-15,20-21,24-27,47-52,56-69,76-77,116-119H,12,16-19,22-23,28-46,95-97H2,1-11H3,(H,98,132)(H,99,133)(H,100,134)(H,101,120)(H,102,131)(H,103,137)(H,104,142)(H,105,140)(H,106,147)(H,107,138)(H,108,141)(H,109,144)(H,110,136)(H,111,143)(H,112,139)(H,113,145)(H,114,135)(H,115,146)(H,121,122)(H,123,124)(H,125,126)(H,127,128)(H,129,130)/t50-,51-,52+,56-,57-,58-,59-,60-,61-,62-,63-,64-,65-,66-,67-,68-,69-,76-,77-/m0/s1. The summed E-state index contributed by atoms with van der Waals surface area (Å²) in [7, 11) is 0. The molecule has 0 fully saturated rings. The summed E-state index contributed by atoms with van der Waals surface area (Å²) in [5, 5.41) is 132. The molecule has 18 amide bonds. The summed E-state index contributed by atoms with van der Waals surface area (Å²) in [5.74, 6) is -29.4. The number of benzene rings is 2. The van der Waals surface area contributed by atoms with Gasteiger partial charge in [-0.2, -0.15) is 11.8 Å². The van der Waals surface area contributed by atoms with Crippen molar-refractivity contribution in [1.29, 1.82) is 0 Å². The number of carbonyl (C=O) groups excluding carboxylic acids is 18. The normalized spacial score (nSPS) is 15.0. The molecule has 2 rings (SSSR count). The fourth-order valence-electron chi connectivity index (χ4n) is 14.4. The van der Waals surface area contributed by atoms with Crippen molar-refractivity contribution in [3.63, 3.8) is 0 Å². The average molecular weight is 2120 g/mol. The number of aliphatic hydroxyl groups is 3. The number of carboxylic acid groups (broad SMARTS) is 5. The molecular weight excluding hydrogens is 1970 g/mol. The Morgan fingerprint density at radius 1 is 0.331 bits per heavy atom. The molecule has 0 aliphatic heterocycles. The zero-order valence-electron chi connectivity index (χ0n) is 84.8. The molecule has 0 saturated heterocycles. The number of hydrogen-bond acceptors (Lipinski definition) is 31. The van der Waals surface area contributed by atoms with Crippen LogP contribution >= 0.6 is 11.8 Å². The number of thioether (sulfide) groups is 1. The minimum Gasteiger partial charge on any atom is -0.508 e. The smallest absolute Gasteiger partial charge is 0.322 e. The Hall–Kier alpha value is -13.8. The van der Waals surface area contributed by atoms with E-state index in [2.05, 4.69) is 85.1 Å². The van der Waals surface area contributed by atoms with Gasteiger partial charge in [0.2, 0.25) is 106 Å². The molecule has 0 saturated carbocycles. The van der Waals surface area contributed by atoms with E-state index in [4.69, 9.17) is 22.3 Å². The zero-order valence-corrected chi connectivity index (χ0v) is 85.7. The lowest BCUT2D eigenvalue weighted by atomic mass is 9.98. The van der Waals surface area contributed by atoms with Crippen LogP contribution in [0, 0.1) is 23.7 Å². The van der Waals surface area contributed by atoms with E-state index in [9.17, 15) is 151 Å². The molecule has 53 nitrogen and oxygen atoms in total. The molecule has 0 unspecified atom stereocenters. The summed E-state index contributed by atoms with van der Waals surface area (Å²) in [6.45, 7) is 11.7. The van der Waals surface area contributed by atoms with Crippen molar-refractivity contribution >= 4 is 148 Å². The predicted molar refractivity (Wildman–Crippen MR) is 531 cm³/mol. The van der Waals surface area contributed by atoms with Crippen molar-refractivity contribution < 1.29 is 156 Å². The van der Waals surface area contributed by atoms with Crippen molar-refractivity contribution in [2.24, 2.45) is 40.9 Å². The molecule has 0 heterocycles. The quantitative estimate of drug-likeness (QED) is 0.0274. The maximum absolute atomic E-state index is 14.8. The second-order valence-electron chi connectivity index (χ2n) is 36.8. The number of phenolic OH excluding ortho intramolecular Hbond substituents is 1. The molecule has 0 radical (unpaired) electrons. The maximum atomic E-state index is 14.8. The van der Waals surface area contributed by atoms with Crippen LogP contribution in [0.4, 0.5) is 0 Å². The van der Waals surface area contributed by atoms with Crippen LogP contribution in [0.1, 0.15) is 190 Å². The third-order valence-corrected chi connectivity index (χ3v) is 23.4. The fourth-order valence-corrected chi connectivity index (χ4v) is 14.9.